The molecular weight excluding hydrogens is 376 g/mol. The largest absolute Gasteiger partial charge is 0.489 e. The van der Waals surface area contributed by atoms with Crippen molar-refractivity contribution in [1.29, 1.82) is 0 Å². The van der Waals surface area contributed by atoms with Crippen molar-refractivity contribution >= 4 is 0 Å². The maximum Gasteiger partial charge on any atom is 0.231 e. The minimum Gasteiger partial charge on any atom is -0.489 e. The van der Waals surface area contributed by atoms with Crippen molar-refractivity contribution in [2.45, 2.75) is 26.6 Å². The molecule has 0 saturated carbocycles. The predicted octanol–water partition coefficient (Wildman–Crippen LogP) is 4.97. The van der Waals surface area contributed by atoms with Gasteiger partial charge in [0.1, 0.15) is 12.4 Å². The van der Waals surface area contributed by atoms with Crippen LogP contribution in [0.4, 0.5) is 0 Å². The van der Waals surface area contributed by atoms with Crippen LogP contribution in [0, 0.1) is 0 Å². The van der Waals surface area contributed by atoms with Crippen LogP contribution in [0.25, 0.3) is 0 Å². The van der Waals surface area contributed by atoms with E-state index in [2.05, 4.69) is 46.8 Å². The fourth-order valence-corrected chi connectivity index (χ4v) is 3.43. The number of benzene rings is 2. The monoisotopic (exact) mass is 402 g/mol. The average Bonchev–Trinajstić information content (AvgIpc) is 3.22. The van der Waals surface area contributed by atoms with Gasteiger partial charge in [-0.15, -0.1) is 0 Å². The van der Waals surface area contributed by atoms with E-state index >= 15 is 0 Å². The molecule has 0 unspecified atom stereocenters. The van der Waals surface area contributed by atoms with Crippen LogP contribution in [-0.2, 0) is 19.6 Å². The molecule has 0 atom stereocenters. The number of pyridine rings is 1. The highest BCUT2D eigenvalue weighted by Crippen LogP contribution is 2.33. The van der Waals surface area contributed by atoms with Crippen LogP contribution in [0.15, 0.2) is 79.1 Å². The van der Waals surface area contributed by atoms with Gasteiger partial charge in [0.05, 0.1) is 0 Å². The second kappa shape index (κ2) is 9.46. The number of para-hydroxylation sites is 1. The van der Waals surface area contributed by atoms with Gasteiger partial charge in [-0.2, -0.15) is 0 Å². The van der Waals surface area contributed by atoms with E-state index in [1.807, 2.05) is 43.6 Å². The third-order valence-electron chi connectivity index (χ3n) is 4.84. The minimum absolute atomic E-state index is 0.285. The summed E-state index contributed by atoms with van der Waals surface area (Å²) >= 11 is 0. The Morgan fingerprint density at radius 3 is 2.57 bits per heavy atom. The van der Waals surface area contributed by atoms with Gasteiger partial charge in [0.15, 0.2) is 11.5 Å². The van der Waals surface area contributed by atoms with Gasteiger partial charge in [-0.25, -0.2) is 0 Å². The SMILES string of the molecule is C=C(C)COc1ccccc1CN(Cc1ccncc1)Cc1ccc2c(c1)OCO2. The Morgan fingerprint density at radius 1 is 0.967 bits per heavy atom. The average molecular weight is 402 g/mol. The predicted molar refractivity (Wildman–Crippen MR) is 117 cm³/mol. The summed E-state index contributed by atoms with van der Waals surface area (Å²) in [7, 11) is 0. The molecule has 5 nitrogen and oxygen atoms in total. The minimum atomic E-state index is 0.285. The summed E-state index contributed by atoms with van der Waals surface area (Å²) in [6.07, 6.45) is 3.66. The lowest BCUT2D eigenvalue weighted by molar-refractivity contribution is 0.174. The summed E-state index contributed by atoms with van der Waals surface area (Å²) < 4.78 is 17.0. The molecule has 1 aromatic heterocycles. The van der Waals surface area contributed by atoms with Gasteiger partial charge in [0, 0.05) is 37.6 Å². The number of hydrogen-bond donors (Lipinski definition) is 0. The summed E-state index contributed by atoms with van der Waals surface area (Å²) in [6, 6.07) is 18.4. The Morgan fingerprint density at radius 2 is 1.73 bits per heavy atom. The molecule has 2 heterocycles. The normalized spacial score (nSPS) is 12.2. The highest BCUT2D eigenvalue weighted by molar-refractivity contribution is 5.44. The molecule has 4 rings (SSSR count). The molecule has 0 amide bonds. The summed E-state index contributed by atoms with van der Waals surface area (Å²) in [5.41, 5.74) is 4.53. The highest BCUT2D eigenvalue weighted by atomic mass is 16.7. The van der Waals surface area contributed by atoms with Crippen LogP contribution >= 0.6 is 0 Å². The van der Waals surface area contributed by atoms with E-state index in [-0.39, 0.29) is 6.79 Å². The molecule has 1 aliphatic rings. The molecule has 0 fully saturated rings. The van der Waals surface area contributed by atoms with Crippen molar-refractivity contribution in [2.24, 2.45) is 0 Å². The van der Waals surface area contributed by atoms with E-state index in [0.717, 1.165) is 48.0 Å². The van der Waals surface area contributed by atoms with Gasteiger partial charge >= 0.3 is 0 Å². The first kappa shape index (κ1) is 20.0. The molecule has 2 aromatic carbocycles. The van der Waals surface area contributed by atoms with E-state index in [0.29, 0.717) is 6.61 Å². The van der Waals surface area contributed by atoms with Crippen LogP contribution in [0.3, 0.4) is 0 Å². The summed E-state index contributed by atoms with van der Waals surface area (Å²) in [6.45, 7) is 9.03. The van der Waals surface area contributed by atoms with Crippen LogP contribution < -0.4 is 14.2 Å². The van der Waals surface area contributed by atoms with Crippen molar-refractivity contribution in [2.75, 3.05) is 13.4 Å². The first-order chi connectivity index (χ1) is 14.7. The molecule has 3 aromatic rings. The van der Waals surface area contributed by atoms with Crippen molar-refractivity contribution in [1.82, 2.24) is 9.88 Å². The zero-order valence-corrected chi connectivity index (χ0v) is 17.2. The Balaban J connectivity index is 1.55. The number of rotatable bonds is 9. The third-order valence-corrected chi connectivity index (χ3v) is 4.84. The van der Waals surface area contributed by atoms with Crippen LogP contribution in [0.5, 0.6) is 17.2 Å². The van der Waals surface area contributed by atoms with Crippen molar-refractivity contribution in [3.8, 4) is 17.2 Å². The first-order valence-electron chi connectivity index (χ1n) is 10.0. The van der Waals surface area contributed by atoms with Crippen LogP contribution in [0.1, 0.15) is 23.6 Å². The Labute approximate surface area is 177 Å². The smallest absolute Gasteiger partial charge is 0.231 e. The van der Waals surface area contributed by atoms with Crippen molar-refractivity contribution < 1.29 is 14.2 Å². The number of aromatic nitrogens is 1. The van der Waals surface area contributed by atoms with Gasteiger partial charge in [-0.05, 0) is 54.0 Å². The van der Waals surface area contributed by atoms with E-state index in [1.165, 1.54) is 11.1 Å². The summed E-state index contributed by atoms with van der Waals surface area (Å²) in [4.78, 5) is 6.52. The Kier molecular flexibility index (Phi) is 6.30. The summed E-state index contributed by atoms with van der Waals surface area (Å²) in [5, 5.41) is 0. The van der Waals surface area contributed by atoms with Gasteiger partial charge in [0.25, 0.3) is 0 Å². The number of nitrogens with zero attached hydrogens (tertiary/aromatic N) is 2. The van der Waals surface area contributed by atoms with Crippen molar-refractivity contribution in [3.63, 3.8) is 0 Å². The first-order valence-corrected chi connectivity index (χ1v) is 10.0. The topological polar surface area (TPSA) is 43.8 Å². The van der Waals surface area contributed by atoms with Gasteiger partial charge < -0.3 is 14.2 Å². The maximum atomic E-state index is 5.99. The number of ether oxygens (including phenoxy) is 3. The second-order valence-electron chi connectivity index (χ2n) is 7.54. The molecule has 0 bridgehead atoms. The molecule has 0 N–H and O–H groups in total. The maximum absolute atomic E-state index is 5.99. The van der Waals surface area contributed by atoms with E-state index in [9.17, 15) is 0 Å². The fourth-order valence-electron chi connectivity index (χ4n) is 3.43. The molecule has 0 radical (unpaired) electrons. The lowest BCUT2D eigenvalue weighted by Gasteiger charge is -2.24. The molecular formula is C25H26N2O3. The third kappa shape index (κ3) is 5.19. The molecule has 30 heavy (non-hydrogen) atoms. The fraction of sp³-hybridized carbons (Fsp3) is 0.240. The quantitative estimate of drug-likeness (QED) is 0.473. The lowest BCUT2D eigenvalue weighted by atomic mass is 10.1. The second-order valence-corrected chi connectivity index (χ2v) is 7.54. The van der Waals surface area contributed by atoms with Gasteiger partial charge in [-0.3, -0.25) is 9.88 Å². The van der Waals surface area contributed by atoms with E-state index in [4.69, 9.17) is 14.2 Å². The lowest BCUT2D eigenvalue weighted by Crippen LogP contribution is -2.23. The Bertz CT molecular complexity index is 1000. The van der Waals surface area contributed by atoms with E-state index < -0.39 is 0 Å². The zero-order chi connectivity index (χ0) is 20.8. The van der Waals surface area contributed by atoms with E-state index in [1.54, 1.807) is 0 Å². The zero-order valence-electron chi connectivity index (χ0n) is 17.2. The van der Waals surface area contributed by atoms with Crippen LogP contribution in [0.2, 0.25) is 0 Å². The standard InChI is InChI=1S/C25H26N2O3/c1-19(2)17-28-23-6-4-3-5-22(23)16-27(14-20-9-11-26-12-10-20)15-21-7-8-24-25(13-21)30-18-29-24/h3-13H,1,14-18H2,2H3. The highest BCUT2D eigenvalue weighted by Gasteiger charge is 2.16. The number of fused-ring (bicyclic) bond motifs is 1. The molecule has 5 heteroatoms. The molecule has 1 aliphatic heterocycles. The molecule has 0 spiro atoms. The van der Waals surface area contributed by atoms with Gasteiger partial charge in [-0.1, -0.05) is 30.8 Å². The molecule has 154 valence electrons. The Hall–Kier alpha value is -3.31. The van der Waals surface area contributed by atoms with Gasteiger partial charge in [0.2, 0.25) is 6.79 Å². The number of hydrogen-bond acceptors (Lipinski definition) is 5. The molecule has 0 aliphatic carbocycles. The van der Waals surface area contributed by atoms with Crippen LogP contribution in [-0.4, -0.2) is 23.3 Å². The van der Waals surface area contributed by atoms with Crippen molar-refractivity contribution in [3.05, 3.63) is 95.8 Å². The summed E-state index contributed by atoms with van der Waals surface area (Å²) in [5.74, 6) is 2.51. The molecule has 0 saturated heterocycles.